The van der Waals surface area contributed by atoms with E-state index in [1.165, 1.54) is 0 Å². The molecule has 0 aliphatic carbocycles. The number of hydrogen-bond acceptors (Lipinski definition) is 3. The van der Waals surface area contributed by atoms with E-state index < -0.39 is 0 Å². The second-order valence-electron chi connectivity index (χ2n) is 5.55. The van der Waals surface area contributed by atoms with Crippen LogP contribution in [0.15, 0.2) is 40.9 Å². The summed E-state index contributed by atoms with van der Waals surface area (Å²) < 4.78 is 12.2. The number of nitrogens with zero attached hydrogens (tertiary/aromatic N) is 1. The van der Waals surface area contributed by atoms with Crippen LogP contribution < -0.4 is 9.47 Å². The minimum Gasteiger partial charge on any atom is -0.493 e. The van der Waals surface area contributed by atoms with Crippen LogP contribution >= 0.6 is 27.5 Å². The van der Waals surface area contributed by atoms with E-state index in [0.29, 0.717) is 22.1 Å². The van der Waals surface area contributed by atoms with Gasteiger partial charge < -0.3 is 9.47 Å². The number of hydrogen-bond donors (Lipinski definition) is 0. The molecule has 1 atom stereocenters. The summed E-state index contributed by atoms with van der Waals surface area (Å²) in [5.74, 6) is 1.29. The molecule has 0 radical (unpaired) electrons. The Balaban J connectivity index is 2.43. The van der Waals surface area contributed by atoms with E-state index in [1.807, 2.05) is 37.3 Å². The fourth-order valence-corrected chi connectivity index (χ4v) is 2.88. The lowest BCUT2D eigenvalue weighted by Gasteiger charge is -2.17. The van der Waals surface area contributed by atoms with Gasteiger partial charge in [-0.15, -0.1) is 0 Å². The summed E-state index contributed by atoms with van der Waals surface area (Å²) in [5.41, 5.74) is 2.19. The Kier molecular flexibility index (Phi) is 6.92. The van der Waals surface area contributed by atoms with E-state index in [4.69, 9.17) is 21.1 Å². The van der Waals surface area contributed by atoms with Crippen molar-refractivity contribution in [2.45, 2.75) is 26.4 Å². The topological polar surface area (TPSA) is 42.2 Å². The van der Waals surface area contributed by atoms with Crippen molar-refractivity contribution in [3.63, 3.8) is 0 Å². The van der Waals surface area contributed by atoms with Gasteiger partial charge in [-0.1, -0.05) is 30.7 Å². The van der Waals surface area contributed by atoms with Gasteiger partial charge in [0.25, 0.3) is 0 Å². The number of rotatable bonds is 6. The first kappa shape index (κ1) is 19.4. The molecule has 0 bridgehead atoms. The number of benzene rings is 2. The van der Waals surface area contributed by atoms with Crippen molar-refractivity contribution >= 4 is 39.2 Å². The first-order valence-corrected chi connectivity index (χ1v) is 9.07. The van der Waals surface area contributed by atoms with Gasteiger partial charge >= 0.3 is 0 Å². The molecule has 1 unspecified atom stereocenters. The Bertz CT molecular complexity index is 810. The molecule has 0 N–H and O–H groups in total. The van der Waals surface area contributed by atoms with Gasteiger partial charge in [-0.05, 0) is 70.7 Å². The number of allylic oxidation sites excluding steroid dienone is 1. The Hall–Kier alpha value is -1.96. The molecule has 0 aliphatic heterocycles. The Morgan fingerprint density at radius 2 is 2.00 bits per heavy atom. The molecule has 3 nitrogen and oxygen atoms in total. The molecular weight excluding hydrogens is 402 g/mol. The van der Waals surface area contributed by atoms with E-state index >= 15 is 0 Å². The van der Waals surface area contributed by atoms with Gasteiger partial charge in [0.2, 0.25) is 0 Å². The van der Waals surface area contributed by atoms with Gasteiger partial charge in [0.05, 0.1) is 29.3 Å². The third-order valence-electron chi connectivity index (χ3n) is 3.73. The van der Waals surface area contributed by atoms with Gasteiger partial charge in [0, 0.05) is 5.02 Å². The van der Waals surface area contributed by atoms with Crippen LogP contribution in [0.4, 0.5) is 0 Å². The molecule has 0 saturated carbocycles. The average molecular weight is 421 g/mol. The van der Waals surface area contributed by atoms with Gasteiger partial charge in [-0.3, -0.25) is 0 Å². The summed E-state index contributed by atoms with van der Waals surface area (Å²) in [7, 11) is 1.60. The third kappa shape index (κ3) is 5.01. The second kappa shape index (κ2) is 8.94. The SMILES string of the molecule is CCC(C)Oc1c(Br)cc(C=C(C#N)c2ccc(Cl)cc2)cc1OC. The zero-order chi connectivity index (χ0) is 18.4. The Labute approximate surface area is 162 Å². The molecule has 2 aromatic carbocycles. The largest absolute Gasteiger partial charge is 0.493 e. The Morgan fingerprint density at radius 1 is 1.32 bits per heavy atom. The maximum atomic E-state index is 9.49. The minimum absolute atomic E-state index is 0.0790. The number of methoxy groups -OCH3 is 1. The highest BCUT2D eigenvalue weighted by Crippen LogP contribution is 2.38. The number of halogens is 2. The maximum Gasteiger partial charge on any atom is 0.175 e. The zero-order valence-electron chi connectivity index (χ0n) is 14.3. The molecule has 2 aromatic rings. The standard InChI is InChI=1S/C20H19BrClNO2/c1-4-13(2)25-20-18(21)10-14(11-19(20)24-3)9-16(12-23)15-5-7-17(22)8-6-15/h5-11,13H,4H2,1-3H3. The highest BCUT2D eigenvalue weighted by atomic mass is 79.9. The van der Waals surface area contributed by atoms with Crippen LogP contribution in [0.5, 0.6) is 11.5 Å². The van der Waals surface area contributed by atoms with E-state index in [0.717, 1.165) is 22.0 Å². The number of ether oxygens (including phenoxy) is 2. The fourth-order valence-electron chi connectivity index (χ4n) is 2.20. The monoisotopic (exact) mass is 419 g/mol. The van der Waals surface area contributed by atoms with Gasteiger partial charge in [0.15, 0.2) is 11.5 Å². The van der Waals surface area contributed by atoms with Gasteiger partial charge in [-0.2, -0.15) is 5.26 Å². The fraction of sp³-hybridized carbons (Fsp3) is 0.250. The summed E-state index contributed by atoms with van der Waals surface area (Å²) in [6.45, 7) is 4.07. The summed E-state index contributed by atoms with van der Waals surface area (Å²) in [6.07, 6.45) is 2.78. The van der Waals surface area contributed by atoms with Crippen molar-refractivity contribution < 1.29 is 9.47 Å². The van der Waals surface area contributed by atoms with E-state index in [-0.39, 0.29) is 6.10 Å². The smallest absolute Gasteiger partial charge is 0.175 e. The van der Waals surface area contributed by atoms with Crippen LogP contribution in [0, 0.1) is 11.3 Å². The molecule has 25 heavy (non-hydrogen) atoms. The third-order valence-corrected chi connectivity index (χ3v) is 4.57. The number of nitriles is 1. The van der Waals surface area contributed by atoms with Crippen LogP contribution in [0.25, 0.3) is 11.6 Å². The summed E-state index contributed by atoms with van der Waals surface area (Å²) in [5, 5.41) is 10.1. The summed E-state index contributed by atoms with van der Waals surface area (Å²) in [6, 6.07) is 13.2. The molecule has 0 spiro atoms. The predicted octanol–water partition coefficient (Wildman–Crippen LogP) is 6.35. The highest BCUT2D eigenvalue weighted by Gasteiger charge is 2.14. The normalized spacial score (nSPS) is 12.4. The molecule has 0 heterocycles. The summed E-state index contributed by atoms with van der Waals surface area (Å²) in [4.78, 5) is 0. The predicted molar refractivity (Wildman–Crippen MR) is 106 cm³/mol. The lowest BCUT2D eigenvalue weighted by Crippen LogP contribution is -2.11. The van der Waals surface area contributed by atoms with Crippen LogP contribution in [0.1, 0.15) is 31.4 Å². The van der Waals surface area contributed by atoms with Crippen molar-refractivity contribution in [3.8, 4) is 17.6 Å². The average Bonchev–Trinajstić information content (AvgIpc) is 2.62. The second-order valence-corrected chi connectivity index (χ2v) is 6.84. The van der Waals surface area contributed by atoms with Crippen molar-refractivity contribution in [1.82, 2.24) is 0 Å². The lowest BCUT2D eigenvalue weighted by atomic mass is 10.0. The van der Waals surface area contributed by atoms with E-state index in [2.05, 4.69) is 28.9 Å². The first-order chi connectivity index (χ1) is 12.0. The van der Waals surface area contributed by atoms with Crippen LogP contribution in [0.2, 0.25) is 5.02 Å². The van der Waals surface area contributed by atoms with Crippen molar-refractivity contribution in [2.24, 2.45) is 0 Å². The maximum absolute atomic E-state index is 9.49. The van der Waals surface area contributed by atoms with Crippen molar-refractivity contribution in [1.29, 1.82) is 5.26 Å². The molecule has 0 amide bonds. The molecule has 0 aromatic heterocycles. The van der Waals surface area contributed by atoms with Crippen LogP contribution in [-0.2, 0) is 0 Å². The summed E-state index contributed by atoms with van der Waals surface area (Å²) >= 11 is 9.45. The van der Waals surface area contributed by atoms with Crippen LogP contribution in [0.3, 0.4) is 0 Å². The molecule has 130 valence electrons. The van der Waals surface area contributed by atoms with Crippen LogP contribution in [-0.4, -0.2) is 13.2 Å². The van der Waals surface area contributed by atoms with Gasteiger partial charge in [0.1, 0.15) is 0 Å². The first-order valence-electron chi connectivity index (χ1n) is 7.90. The minimum atomic E-state index is 0.0790. The lowest BCUT2D eigenvalue weighted by molar-refractivity contribution is 0.206. The van der Waals surface area contributed by atoms with Crippen molar-refractivity contribution in [3.05, 3.63) is 57.0 Å². The van der Waals surface area contributed by atoms with Crippen molar-refractivity contribution in [2.75, 3.05) is 7.11 Å². The molecule has 0 saturated heterocycles. The molecule has 0 aliphatic rings. The van der Waals surface area contributed by atoms with E-state index in [1.54, 1.807) is 19.2 Å². The highest BCUT2D eigenvalue weighted by molar-refractivity contribution is 9.10. The molecule has 2 rings (SSSR count). The Morgan fingerprint density at radius 3 is 2.56 bits per heavy atom. The molecular formula is C20H19BrClNO2. The zero-order valence-corrected chi connectivity index (χ0v) is 16.7. The quantitative estimate of drug-likeness (QED) is 0.404. The van der Waals surface area contributed by atoms with Gasteiger partial charge in [-0.25, -0.2) is 0 Å². The molecule has 0 fully saturated rings. The molecule has 5 heteroatoms. The van der Waals surface area contributed by atoms with E-state index in [9.17, 15) is 5.26 Å².